The van der Waals surface area contributed by atoms with Gasteiger partial charge in [0.15, 0.2) is 0 Å². The number of benzene rings is 3. The number of nitrogens with zero attached hydrogens (tertiary/aromatic N) is 3. The Bertz CT molecular complexity index is 963. The molecule has 5 heteroatoms. The quantitative estimate of drug-likeness (QED) is 0.373. The van der Waals surface area contributed by atoms with Crippen LogP contribution in [0, 0.1) is 0 Å². The molecular weight excluding hydrogens is 442 g/mol. The molecule has 122 valence electrons. The van der Waals surface area contributed by atoms with Crippen molar-refractivity contribution < 1.29 is 0 Å². The summed E-state index contributed by atoms with van der Waals surface area (Å²) in [5.41, 5.74) is 4.67. The van der Waals surface area contributed by atoms with Crippen molar-refractivity contribution in [3.8, 4) is 28.2 Å². The first kappa shape index (κ1) is 16.2. The highest BCUT2D eigenvalue weighted by atomic mass is 79.9. The number of para-hydroxylation sites is 1. The molecule has 0 atom stereocenters. The highest BCUT2D eigenvalue weighted by Crippen LogP contribution is 2.32. The molecule has 4 rings (SSSR count). The van der Waals surface area contributed by atoms with Crippen molar-refractivity contribution in [2.75, 3.05) is 0 Å². The van der Waals surface area contributed by atoms with Crippen LogP contribution in [-0.4, -0.2) is 15.0 Å². The fourth-order valence-electron chi connectivity index (χ4n) is 2.64. The predicted octanol–water partition coefficient (Wildman–Crippen LogP) is 6.13. The van der Waals surface area contributed by atoms with Crippen LogP contribution in [0.5, 0.6) is 0 Å². The third-order valence-electron chi connectivity index (χ3n) is 3.80. The molecule has 0 aliphatic carbocycles. The summed E-state index contributed by atoms with van der Waals surface area (Å²) in [4.78, 5) is 1.69. The topological polar surface area (TPSA) is 30.7 Å². The minimum Gasteiger partial charge on any atom is -0.150 e. The fraction of sp³-hybridized carbons (Fsp3) is 0. The molecule has 1 heterocycles. The lowest BCUT2D eigenvalue weighted by Crippen LogP contribution is -1.98. The van der Waals surface area contributed by atoms with Gasteiger partial charge in [0, 0.05) is 20.1 Å². The molecule has 0 unspecified atom stereocenters. The van der Waals surface area contributed by atoms with Gasteiger partial charge in [0.1, 0.15) is 11.4 Å². The number of hydrogen-bond donors (Lipinski definition) is 0. The second-order valence-corrected chi connectivity index (χ2v) is 7.37. The molecular formula is C20H13Br2N3. The standard InChI is InChI=1S/C20H13Br2N3/c21-16-8-4-6-14(12-16)19-20(15-7-5-9-17(22)13-15)24-25(23-19)18-10-2-1-3-11-18/h1-13H. The maximum absolute atomic E-state index is 4.77. The van der Waals surface area contributed by atoms with Crippen LogP contribution in [0.4, 0.5) is 0 Å². The Kier molecular flexibility index (Phi) is 4.51. The molecule has 0 bridgehead atoms. The van der Waals surface area contributed by atoms with Gasteiger partial charge in [0.05, 0.1) is 5.69 Å². The van der Waals surface area contributed by atoms with E-state index in [1.807, 2.05) is 66.7 Å². The van der Waals surface area contributed by atoms with Crippen LogP contribution in [-0.2, 0) is 0 Å². The fourth-order valence-corrected chi connectivity index (χ4v) is 3.44. The summed E-state index contributed by atoms with van der Waals surface area (Å²) in [5.74, 6) is 0. The Balaban J connectivity index is 1.93. The summed E-state index contributed by atoms with van der Waals surface area (Å²) < 4.78 is 2.03. The van der Waals surface area contributed by atoms with E-state index in [1.54, 1.807) is 4.80 Å². The zero-order chi connectivity index (χ0) is 17.2. The SMILES string of the molecule is Brc1cccc(-c2nn(-c3ccccc3)nc2-c2cccc(Br)c2)c1. The minimum atomic E-state index is 0.850. The molecule has 25 heavy (non-hydrogen) atoms. The van der Waals surface area contributed by atoms with E-state index in [1.165, 1.54) is 0 Å². The molecule has 3 nitrogen and oxygen atoms in total. The van der Waals surface area contributed by atoms with Crippen molar-refractivity contribution in [1.82, 2.24) is 15.0 Å². The van der Waals surface area contributed by atoms with E-state index in [9.17, 15) is 0 Å². The lowest BCUT2D eigenvalue weighted by molar-refractivity contribution is 0.755. The van der Waals surface area contributed by atoms with E-state index < -0.39 is 0 Å². The van der Waals surface area contributed by atoms with Crippen molar-refractivity contribution in [1.29, 1.82) is 0 Å². The largest absolute Gasteiger partial charge is 0.150 e. The molecule has 1 aromatic heterocycles. The van der Waals surface area contributed by atoms with Crippen LogP contribution in [0.25, 0.3) is 28.2 Å². The van der Waals surface area contributed by atoms with Crippen molar-refractivity contribution in [2.45, 2.75) is 0 Å². The first-order valence-electron chi connectivity index (χ1n) is 7.75. The van der Waals surface area contributed by atoms with Gasteiger partial charge in [-0.1, -0.05) is 74.3 Å². The number of aromatic nitrogens is 3. The smallest absolute Gasteiger partial charge is 0.121 e. The van der Waals surface area contributed by atoms with E-state index in [0.717, 1.165) is 37.1 Å². The molecule has 0 fully saturated rings. The second-order valence-electron chi connectivity index (χ2n) is 5.54. The maximum atomic E-state index is 4.77. The lowest BCUT2D eigenvalue weighted by atomic mass is 10.1. The molecule has 0 N–H and O–H groups in total. The second kappa shape index (κ2) is 6.94. The third kappa shape index (κ3) is 3.43. The summed E-state index contributed by atoms with van der Waals surface area (Å²) in [7, 11) is 0. The van der Waals surface area contributed by atoms with Gasteiger partial charge in [0.2, 0.25) is 0 Å². The Morgan fingerprint density at radius 3 is 1.60 bits per heavy atom. The predicted molar refractivity (Wildman–Crippen MR) is 108 cm³/mol. The molecule has 4 aromatic rings. The van der Waals surface area contributed by atoms with Crippen LogP contribution >= 0.6 is 31.9 Å². The zero-order valence-corrected chi connectivity index (χ0v) is 16.3. The van der Waals surface area contributed by atoms with Gasteiger partial charge in [-0.25, -0.2) is 0 Å². The van der Waals surface area contributed by atoms with E-state index in [0.29, 0.717) is 0 Å². The molecule has 0 aliphatic rings. The van der Waals surface area contributed by atoms with Crippen molar-refractivity contribution in [3.05, 3.63) is 87.8 Å². The van der Waals surface area contributed by atoms with Crippen molar-refractivity contribution in [2.24, 2.45) is 0 Å². The van der Waals surface area contributed by atoms with Gasteiger partial charge in [-0.3, -0.25) is 0 Å². The molecule has 0 saturated heterocycles. The van der Waals surface area contributed by atoms with Crippen LogP contribution in [0.15, 0.2) is 87.8 Å². The van der Waals surface area contributed by atoms with Crippen LogP contribution in [0.2, 0.25) is 0 Å². The maximum Gasteiger partial charge on any atom is 0.121 e. The van der Waals surface area contributed by atoms with Crippen LogP contribution < -0.4 is 0 Å². The molecule has 3 aromatic carbocycles. The van der Waals surface area contributed by atoms with E-state index in [2.05, 4.69) is 44.0 Å². The first-order chi connectivity index (χ1) is 12.2. The molecule has 0 radical (unpaired) electrons. The summed E-state index contributed by atoms with van der Waals surface area (Å²) in [6, 6.07) is 26.2. The Hall–Kier alpha value is -2.24. The van der Waals surface area contributed by atoms with E-state index in [4.69, 9.17) is 10.2 Å². The molecule has 0 spiro atoms. The van der Waals surface area contributed by atoms with Crippen LogP contribution in [0.3, 0.4) is 0 Å². The average molecular weight is 455 g/mol. The molecule has 0 aliphatic heterocycles. The monoisotopic (exact) mass is 453 g/mol. The van der Waals surface area contributed by atoms with Gasteiger partial charge in [-0.05, 0) is 36.4 Å². The Morgan fingerprint density at radius 2 is 1.12 bits per heavy atom. The normalized spacial score (nSPS) is 10.8. The highest BCUT2D eigenvalue weighted by molar-refractivity contribution is 9.10. The van der Waals surface area contributed by atoms with Gasteiger partial charge in [-0.2, -0.15) is 4.80 Å². The van der Waals surface area contributed by atoms with E-state index in [-0.39, 0.29) is 0 Å². The average Bonchev–Trinajstić information content (AvgIpc) is 3.08. The number of hydrogen-bond acceptors (Lipinski definition) is 2. The minimum absolute atomic E-state index is 0.850. The third-order valence-corrected chi connectivity index (χ3v) is 4.78. The molecule has 0 saturated carbocycles. The summed E-state index contributed by atoms with van der Waals surface area (Å²) >= 11 is 7.08. The zero-order valence-electron chi connectivity index (χ0n) is 13.1. The molecule has 0 amide bonds. The lowest BCUT2D eigenvalue weighted by Gasteiger charge is -2.02. The summed E-state index contributed by atoms with van der Waals surface area (Å²) in [5, 5.41) is 9.53. The van der Waals surface area contributed by atoms with Gasteiger partial charge in [0.25, 0.3) is 0 Å². The number of halogens is 2. The van der Waals surface area contributed by atoms with E-state index >= 15 is 0 Å². The van der Waals surface area contributed by atoms with Crippen molar-refractivity contribution >= 4 is 31.9 Å². The van der Waals surface area contributed by atoms with Gasteiger partial charge in [-0.15, -0.1) is 10.2 Å². The Morgan fingerprint density at radius 1 is 0.600 bits per heavy atom. The van der Waals surface area contributed by atoms with Gasteiger partial charge >= 0.3 is 0 Å². The van der Waals surface area contributed by atoms with Crippen LogP contribution in [0.1, 0.15) is 0 Å². The summed E-state index contributed by atoms with van der Waals surface area (Å²) in [6.45, 7) is 0. The highest BCUT2D eigenvalue weighted by Gasteiger charge is 2.16. The number of rotatable bonds is 3. The first-order valence-corrected chi connectivity index (χ1v) is 9.34. The summed E-state index contributed by atoms with van der Waals surface area (Å²) in [6.07, 6.45) is 0. The van der Waals surface area contributed by atoms with Crippen molar-refractivity contribution in [3.63, 3.8) is 0 Å². The van der Waals surface area contributed by atoms with Gasteiger partial charge < -0.3 is 0 Å². The Labute approximate surface area is 162 Å².